The number of nitrogens with zero attached hydrogens (tertiary/aromatic N) is 1. The highest BCUT2D eigenvalue weighted by atomic mass is 79.9. The average Bonchev–Trinajstić information content (AvgIpc) is 2.71. The Kier molecular flexibility index (Phi) is 5.35. The van der Waals surface area contributed by atoms with Crippen molar-refractivity contribution in [3.63, 3.8) is 0 Å². The van der Waals surface area contributed by atoms with Gasteiger partial charge in [-0.2, -0.15) is 0 Å². The Hall–Kier alpha value is -2.76. The van der Waals surface area contributed by atoms with E-state index in [0.717, 1.165) is 21.3 Å². The molecule has 0 unspecified atom stereocenters. The number of hydrogen-bond acceptors (Lipinski definition) is 2. The molecule has 3 nitrogen and oxygen atoms in total. The zero-order valence-electron chi connectivity index (χ0n) is 15.3. The van der Waals surface area contributed by atoms with E-state index in [1.54, 1.807) is 0 Å². The molecular weight excluding hydrogens is 455 g/mol. The van der Waals surface area contributed by atoms with Crippen LogP contribution in [0.1, 0.15) is 15.9 Å². The molecule has 0 aliphatic carbocycles. The molecule has 3 aromatic carbocycles. The van der Waals surface area contributed by atoms with Crippen LogP contribution in [0.15, 0.2) is 65.1 Å². The van der Waals surface area contributed by atoms with Crippen molar-refractivity contribution >= 4 is 50.0 Å². The highest BCUT2D eigenvalue weighted by Crippen LogP contribution is 2.32. The molecule has 1 amide bonds. The number of benzene rings is 3. The van der Waals surface area contributed by atoms with Crippen LogP contribution in [0.3, 0.4) is 0 Å². The Bertz CT molecular complexity index is 1240. The fourth-order valence-electron chi connectivity index (χ4n) is 3.21. The zero-order chi connectivity index (χ0) is 20.5. The van der Waals surface area contributed by atoms with Gasteiger partial charge in [-0.3, -0.25) is 4.79 Å². The Morgan fingerprint density at radius 2 is 1.90 bits per heavy atom. The van der Waals surface area contributed by atoms with Crippen molar-refractivity contribution in [3.05, 3.63) is 93.2 Å². The van der Waals surface area contributed by atoms with Crippen LogP contribution < -0.4 is 5.32 Å². The third-order valence-corrected chi connectivity index (χ3v) is 5.35. The van der Waals surface area contributed by atoms with E-state index in [9.17, 15) is 9.18 Å². The normalized spacial score (nSPS) is 10.9. The van der Waals surface area contributed by atoms with E-state index in [2.05, 4.69) is 27.3 Å². The molecule has 143 valence electrons. The summed E-state index contributed by atoms with van der Waals surface area (Å²) in [5.74, 6) is -1.09. The van der Waals surface area contributed by atoms with Crippen molar-refractivity contribution in [2.45, 2.75) is 6.92 Å². The Labute approximate surface area is 180 Å². The lowest BCUT2D eigenvalue weighted by molar-refractivity contribution is 0.102. The zero-order valence-corrected chi connectivity index (χ0v) is 17.6. The minimum Gasteiger partial charge on any atom is -0.321 e. The molecule has 0 saturated heterocycles. The van der Waals surface area contributed by atoms with Gasteiger partial charge >= 0.3 is 0 Å². The highest BCUT2D eigenvalue weighted by molar-refractivity contribution is 9.10. The molecule has 4 rings (SSSR count). The second-order valence-corrected chi connectivity index (χ2v) is 7.80. The summed E-state index contributed by atoms with van der Waals surface area (Å²) in [5, 5.41) is 3.37. The van der Waals surface area contributed by atoms with Crippen molar-refractivity contribution in [2.24, 2.45) is 0 Å². The van der Waals surface area contributed by atoms with E-state index in [-0.39, 0.29) is 16.6 Å². The van der Waals surface area contributed by atoms with E-state index in [1.807, 2.05) is 55.5 Å². The molecule has 0 fully saturated rings. The second kappa shape index (κ2) is 7.93. The number of carbonyl (C=O) groups is 1. The highest BCUT2D eigenvalue weighted by Gasteiger charge is 2.20. The first-order valence-corrected chi connectivity index (χ1v) is 9.95. The number of amides is 1. The lowest BCUT2D eigenvalue weighted by Crippen LogP contribution is -2.15. The van der Waals surface area contributed by atoms with Gasteiger partial charge < -0.3 is 5.32 Å². The summed E-state index contributed by atoms with van der Waals surface area (Å²) in [6.45, 7) is 1.86. The SMILES string of the molecule is Cc1c(-c2ccccc2)nc2ccc(Br)cc2c1C(=O)Nc1[c]c(F)c(Cl)cc1. The van der Waals surface area contributed by atoms with Crippen LogP contribution in [0, 0.1) is 18.8 Å². The van der Waals surface area contributed by atoms with Crippen LogP contribution in [-0.2, 0) is 0 Å². The number of pyridine rings is 1. The standard InChI is InChI=1S/C23H14BrClFN2O/c1-13-21(23(29)27-16-8-9-18(25)19(26)12-16)17-11-15(24)7-10-20(17)28-22(13)14-5-3-2-4-6-14/h2-11H,1H3,(H,27,29). The fraction of sp³-hybridized carbons (Fsp3) is 0.0435. The van der Waals surface area contributed by atoms with Crippen LogP contribution in [0.4, 0.5) is 10.1 Å². The Morgan fingerprint density at radius 1 is 1.14 bits per heavy atom. The third kappa shape index (κ3) is 3.88. The maximum absolute atomic E-state index is 13.7. The average molecular weight is 469 g/mol. The molecule has 0 atom stereocenters. The van der Waals surface area contributed by atoms with Crippen LogP contribution in [0.25, 0.3) is 22.2 Å². The first-order chi connectivity index (χ1) is 13.9. The molecule has 1 radical (unpaired) electrons. The predicted molar refractivity (Wildman–Crippen MR) is 118 cm³/mol. The third-order valence-electron chi connectivity index (χ3n) is 4.56. The molecule has 1 heterocycles. The summed E-state index contributed by atoms with van der Waals surface area (Å²) in [4.78, 5) is 18.0. The maximum atomic E-state index is 13.7. The van der Waals surface area contributed by atoms with Gasteiger partial charge in [0, 0.05) is 21.5 Å². The summed E-state index contributed by atoms with van der Waals surface area (Å²) >= 11 is 9.17. The minimum atomic E-state index is -0.714. The molecule has 1 N–H and O–H groups in total. The second-order valence-electron chi connectivity index (χ2n) is 6.48. The van der Waals surface area contributed by atoms with Crippen LogP contribution in [0.2, 0.25) is 5.02 Å². The van der Waals surface area contributed by atoms with Crippen molar-refractivity contribution in [1.82, 2.24) is 4.98 Å². The molecular formula is C23H14BrClFN2O. The monoisotopic (exact) mass is 467 g/mol. The van der Waals surface area contributed by atoms with Crippen molar-refractivity contribution in [2.75, 3.05) is 5.32 Å². The number of rotatable bonds is 3. The number of carbonyl (C=O) groups excluding carboxylic acids is 1. The lowest BCUT2D eigenvalue weighted by atomic mass is 9.97. The van der Waals surface area contributed by atoms with Crippen LogP contribution in [-0.4, -0.2) is 10.9 Å². The number of hydrogen-bond donors (Lipinski definition) is 1. The molecule has 0 spiro atoms. The lowest BCUT2D eigenvalue weighted by Gasteiger charge is -2.15. The fourth-order valence-corrected chi connectivity index (χ4v) is 3.68. The van der Waals surface area contributed by atoms with Gasteiger partial charge in [0.05, 0.1) is 27.5 Å². The summed E-state index contributed by atoms with van der Waals surface area (Å²) < 4.78 is 14.6. The smallest absolute Gasteiger partial charge is 0.256 e. The molecule has 0 aliphatic rings. The molecule has 4 aromatic rings. The minimum absolute atomic E-state index is 0.0520. The summed E-state index contributed by atoms with van der Waals surface area (Å²) in [5.41, 5.74) is 3.73. The topological polar surface area (TPSA) is 42.0 Å². The van der Waals surface area contributed by atoms with Gasteiger partial charge in [0.1, 0.15) is 0 Å². The van der Waals surface area contributed by atoms with Gasteiger partial charge in [-0.25, -0.2) is 9.37 Å². The number of anilines is 1. The van der Waals surface area contributed by atoms with E-state index >= 15 is 0 Å². The van der Waals surface area contributed by atoms with Crippen LogP contribution >= 0.6 is 27.5 Å². The first-order valence-electron chi connectivity index (χ1n) is 8.78. The molecule has 0 bridgehead atoms. The van der Waals surface area contributed by atoms with Gasteiger partial charge in [0.25, 0.3) is 5.91 Å². The quantitative estimate of drug-likeness (QED) is 0.358. The van der Waals surface area contributed by atoms with Gasteiger partial charge in [0.15, 0.2) is 5.82 Å². The number of halogens is 3. The van der Waals surface area contributed by atoms with Crippen molar-refractivity contribution in [3.8, 4) is 11.3 Å². The molecule has 0 saturated carbocycles. The Morgan fingerprint density at radius 3 is 2.62 bits per heavy atom. The summed E-state index contributed by atoms with van der Waals surface area (Å²) in [6.07, 6.45) is 0. The number of aromatic nitrogens is 1. The van der Waals surface area contributed by atoms with E-state index in [1.165, 1.54) is 12.1 Å². The molecule has 0 aliphatic heterocycles. The largest absolute Gasteiger partial charge is 0.321 e. The summed E-state index contributed by atoms with van der Waals surface area (Å²) in [7, 11) is 0. The van der Waals surface area contributed by atoms with E-state index < -0.39 is 5.82 Å². The van der Waals surface area contributed by atoms with Crippen molar-refractivity contribution < 1.29 is 9.18 Å². The number of nitrogens with one attached hydrogen (secondary N) is 1. The predicted octanol–water partition coefficient (Wildman–Crippen LogP) is 6.82. The molecule has 1 aromatic heterocycles. The molecule has 6 heteroatoms. The van der Waals surface area contributed by atoms with Gasteiger partial charge in [-0.15, -0.1) is 0 Å². The van der Waals surface area contributed by atoms with E-state index in [0.29, 0.717) is 16.5 Å². The van der Waals surface area contributed by atoms with Crippen molar-refractivity contribution in [1.29, 1.82) is 0 Å². The maximum Gasteiger partial charge on any atom is 0.256 e. The van der Waals surface area contributed by atoms with Crippen LogP contribution in [0.5, 0.6) is 0 Å². The van der Waals surface area contributed by atoms with Gasteiger partial charge in [-0.1, -0.05) is 57.9 Å². The summed E-state index contributed by atoms with van der Waals surface area (Å²) in [6, 6.07) is 20.6. The Balaban J connectivity index is 1.89. The van der Waals surface area contributed by atoms with Gasteiger partial charge in [0.2, 0.25) is 0 Å². The first kappa shape index (κ1) is 19.6. The van der Waals surface area contributed by atoms with Gasteiger partial charge in [-0.05, 0) is 42.8 Å². The molecule has 29 heavy (non-hydrogen) atoms. The van der Waals surface area contributed by atoms with E-state index in [4.69, 9.17) is 16.6 Å². The number of fused-ring (bicyclic) bond motifs is 1.